The monoisotopic (exact) mass is 439 g/mol. The van der Waals surface area contributed by atoms with Crippen LogP contribution in [0.1, 0.15) is 29.7 Å². The minimum atomic E-state index is 0.648. The number of aromatic nitrogens is 2. The van der Waals surface area contributed by atoms with E-state index in [0.29, 0.717) is 6.54 Å². The molecule has 3 aromatic rings. The predicted octanol–water partition coefficient (Wildman–Crippen LogP) is 4.98. The maximum atomic E-state index is 6.52. The maximum Gasteiger partial charge on any atom is 0.183 e. The molecule has 30 heavy (non-hydrogen) atoms. The average molecular weight is 440 g/mol. The first-order valence-electron chi connectivity index (χ1n) is 10.7. The molecule has 5 rings (SSSR count). The summed E-state index contributed by atoms with van der Waals surface area (Å²) in [7, 11) is 0. The summed E-state index contributed by atoms with van der Waals surface area (Å²) >= 11 is 8.18. The third kappa shape index (κ3) is 4.61. The number of fused-ring (bicyclic) bond motifs is 1. The van der Waals surface area contributed by atoms with Gasteiger partial charge in [-0.25, -0.2) is 4.98 Å². The highest BCUT2D eigenvalue weighted by molar-refractivity contribution is 7.14. The molecule has 5 nitrogen and oxygen atoms in total. The summed E-state index contributed by atoms with van der Waals surface area (Å²) in [4.78, 5) is 9.35. The van der Waals surface area contributed by atoms with E-state index in [0.717, 1.165) is 71.2 Å². The normalized spacial score (nSPS) is 16.0. The Morgan fingerprint density at radius 3 is 2.83 bits per heavy atom. The van der Waals surface area contributed by atoms with Crippen molar-refractivity contribution in [1.29, 1.82) is 0 Å². The summed E-state index contributed by atoms with van der Waals surface area (Å²) in [6.07, 6.45) is 6.63. The topological polar surface area (TPSA) is 61.9 Å². The Kier molecular flexibility index (Phi) is 5.88. The molecular formula is C23H26ClN5S. The molecule has 0 radical (unpaired) electrons. The van der Waals surface area contributed by atoms with Crippen LogP contribution in [0, 0.1) is 5.92 Å². The van der Waals surface area contributed by atoms with Gasteiger partial charge in [0.1, 0.15) is 0 Å². The van der Waals surface area contributed by atoms with Crippen LogP contribution in [0.25, 0.3) is 11.3 Å². The number of hydrogen-bond donors (Lipinski definition) is 3. The lowest BCUT2D eigenvalue weighted by Crippen LogP contribution is -2.16. The first-order chi connectivity index (χ1) is 14.8. The number of nitrogens with one attached hydrogen (secondary N) is 3. The second kappa shape index (κ2) is 8.92. The van der Waals surface area contributed by atoms with Crippen molar-refractivity contribution in [1.82, 2.24) is 15.3 Å². The second-order valence-electron chi connectivity index (χ2n) is 8.06. The van der Waals surface area contributed by atoms with E-state index >= 15 is 0 Å². The number of halogens is 1. The van der Waals surface area contributed by atoms with Gasteiger partial charge in [0.15, 0.2) is 5.13 Å². The van der Waals surface area contributed by atoms with Gasteiger partial charge in [0.25, 0.3) is 0 Å². The number of anilines is 2. The molecule has 3 heterocycles. The fourth-order valence-electron chi connectivity index (χ4n) is 3.84. The molecule has 7 heteroatoms. The first kappa shape index (κ1) is 19.8. The van der Waals surface area contributed by atoms with Crippen LogP contribution in [0.4, 0.5) is 10.8 Å². The predicted molar refractivity (Wildman–Crippen MR) is 126 cm³/mol. The summed E-state index contributed by atoms with van der Waals surface area (Å²) in [5, 5.41) is 14.3. The van der Waals surface area contributed by atoms with Crippen LogP contribution in [0.15, 0.2) is 35.8 Å². The van der Waals surface area contributed by atoms with Gasteiger partial charge in [0.05, 0.1) is 28.6 Å². The minimum Gasteiger partial charge on any atom is -0.378 e. The van der Waals surface area contributed by atoms with Crippen LogP contribution >= 0.6 is 22.9 Å². The summed E-state index contributed by atoms with van der Waals surface area (Å²) in [5.41, 5.74) is 6.78. The fraction of sp³-hybridized carbons (Fsp3) is 0.391. The third-order valence-electron chi connectivity index (χ3n) is 5.79. The van der Waals surface area contributed by atoms with Gasteiger partial charge in [-0.05, 0) is 74.0 Å². The molecule has 1 aromatic carbocycles. The Morgan fingerprint density at radius 1 is 1.10 bits per heavy atom. The third-order valence-corrected chi connectivity index (χ3v) is 6.91. The number of rotatable bonds is 7. The lowest BCUT2D eigenvalue weighted by Gasteiger charge is -2.16. The zero-order chi connectivity index (χ0) is 20.3. The number of hydrogen-bond acceptors (Lipinski definition) is 6. The zero-order valence-corrected chi connectivity index (χ0v) is 18.5. The van der Waals surface area contributed by atoms with E-state index in [9.17, 15) is 0 Å². The Morgan fingerprint density at radius 2 is 2.00 bits per heavy atom. The number of benzene rings is 1. The van der Waals surface area contributed by atoms with Crippen LogP contribution in [0.5, 0.6) is 0 Å². The van der Waals surface area contributed by atoms with Crippen LogP contribution < -0.4 is 16.0 Å². The van der Waals surface area contributed by atoms with Crippen molar-refractivity contribution in [2.24, 2.45) is 5.92 Å². The Balaban J connectivity index is 1.25. The van der Waals surface area contributed by atoms with Crippen molar-refractivity contribution in [2.45, 2.75) is 32.2 Å². The molecule has 1 aliphatic carbocycles. The number of thiazole rings is 1. The molecule has 1 saturated carbocycles. The summed E-state index contributed by atoms with van der Waals surface area (Å²) in [6, 6.07) is 8.32. The molecule has 0 amide bonds. The standard InChI is InChI=1S/C23H26ClN5S/c24-20-6-4-16-7-9-25-10-8-19(16)22(20)27-13-18-5-3-17(12-26-18)21-14-30-23(29-21)28-11-15-1-2-15/h3-6,12,14-15,25,27H,1-2,7-11,13H2,(H,28,29). The van der Waals surface area contributed by atoms with Crippen molar-refractivity contribution < 1.29 is 0 Å². The van der Waals surface area contributed by atoms with Crippen LogP contribution in [0.3, 0.4) is 0 Å². The highest BCUT2D eigenvalue weighted by Crippen LogP contribution is 2.32. The molecule has 2 aliphatic rings. The Labute approximate surface area is 186 Å². The van der Waals surface area contributed by atoms with Gasteiger partial charge in [-0.3, -0.25) is 4.98 Å². The van der Waals surface area contributed by atoms with E-state index in [1.807, 2.05) is 12.3 Å². The quantitative estimate of drug-likeness (QED) is 0.484. The smallest absolute Gasteiger partial charge is 0.183 e. The maximum absolute atomic E-state index is 6.52. The van der Waals surface area contributed by atoms with E-state index in [1.165, 1.54) is 24.0 Å². The van der Waals surface area contributed by atoms with Crippen molar-refractivity contribution in [3.8, 4) is 11.3 Å². The van der Waals surface area contributed by atoms with Gasteiger partial charge in [-0.2, -0.15) is 0 Å². The van der Waals surface area contributed by atoms with Crippen LogP contribution in [-0.2, 0) is 19.4 Å². The lowest BCUT2D eigenvalue weighted by molar-refractivity contribution is 0.711. The molecule has 156 valence electrons. The molecule has 0 spiro atoms. The van der Waals surface area contributed by atoms with Gasteiger partial charge >= 0.3 is 0 Å². The minimum absolute atomic E-state index is 0.648. The summed E-state index contributed by atoms with van der Waals surface area (Å²) < 4.78 is 0. The molecule has 1 aliphatic heterocycles. The number of pyridine rings is 1. The van der Waals surface area contributed by atoms with Crippen LogP contribution in [0.2, 0.25) is 5.02 Å². The highest BCUT2D eigenvalue weighted by Gasteiger charge is 2.21. The average Bonchev–Trinajstić information content (AvgIpc) is 3.53. The van der Waals surface area contributed by atoms with Crippen LogP contribution in [-0.4, -0.2) is 29.6 Å². The molecule has 0 unspecified atom stereocenters. The van der Waals surface area contributed by atoms with Gasteiger partial charge in [0.2, 0.25) is 0 Å². The van der Waals surface area contributed by atoms with E-state index < -0.39 is 0 Å². The highest BCUT2D eigenvalue weighted by atomic mass is 35.5. The van der Waals surface area contributed by atoms with E-state index in [2.05, 4.69) is 44.5 Å². The van der Waals surface area contributed by atoms with Crippen molar-refractivity contribution in [2.75, 3.05) is 30.3 Å². The summed E-state index contributed by atoms with van der Waals surface area (Å²) in [5.74, 6) is 0.843. The molecule has 0 saturated heterocycles. The fourth-order valence-corrected chi connectivity index (χ4v) is 4.81. The second-order valence-corrected chi connectivity index (χ2v) is 9.33. The lowest BCUT2D eigenvalue weighted by atomic mass is 10.0. The molecule has 0 atom stereocenters. The van der Waals surface area contributed by atoms with Gasteiger partial charge in [-0.1, -0.05) is 17.7 Å². The SMILES string of the molecule is Clc1ccc2c(c1NCc1ccc(-c3csc(NCC4CC4)n3)cn1)CCNCC2. The molecular weight excluding hydrogens is 414 g/mol. The Hall–Kier alpha value is -2.15. The van der Waals surface area contributed by atoms with Gasteiger partial charge < -0.3 is 16.0 Å². The van der Waals surface area contributed by atoms with Gasteiger partial charge in [0, 0.05) is 23.7 Å². The summed E-state index contributed by atoms with van der Waals surface area (Å²) in [6.45, 7) is 3.69. The molecule has 2 aromatic heterocycles. The van der Waals surface area contributed by atoms with Gasteiger partial charge in [-0.15, -0.1) is 11.3 Å². The van der Waals surface area contributed by atoms with E-state index in [4.69, 9.17) is 16.6 Å². The first-order valence-corrected chi connectivity index (χ1v) is 11.9. The van der Waals surface area contributed by atoms with E-state index in [1.54, 1.807) is 11.3 Å². The number of nitrogens with zero attached hydrogens (tertiary/aromatic N) is 2. The van der Waals surface area contributed by atoms with Crippen molar-refractivity contribution in [3.63, 3.8) is 0 Å². The van der Waals surface area contributed by atoms with Crippen molar-refractivity contribution >= 4 is 33.8 Å². The molecule has 3 N–H and O–H groups in total. The van der Waals surface area contributed by atoms with Crippen molar-refractivity contribution in [3.05, 3.63) is 57.7 Å². The Bertz CT molecular complexity index is 1010. The largest absolute Gasteiger partial charge is 0.378 e. The van der Waals surface area contributed by atoms with E-state index in [-0.39, 0.29) is 0 Å². The molecule has 0 bridgehead atoms. The molecule has 1 fully saturated rings. The zero-order valence-electron chi connectivity index (χ0n) is 16.9.